The van der Waals surface area contributed by atoms with Crippen LogP contribution in [0.2, 0.25) is 0 Å². The predicted octanol–water partition coefficient (Wildman–Crippen LogP) is 5.69. The standard InChI is InChI=1S/C23H42O3/c1-17(18-12-13-19-20(24)10-8-15-23(18,19)4)9-7-14-22(2,3)26-21-11-5-6-16-25-21/h17-21,24H,5-16H2,1-4H3/t17-,18?,19+,20+,21?,23-/m1/s1. The van der Waals surface area contributed by atoms with Crippen LogP contribution >= 0.6 is 0 Å². The molecule has 3 aliphatic rings. The van der Waals surface area contributed by atoms with Gasteiger partial charge in [-0.05, 0) is 88.4 Å². The van der Waals surface area contributed by atoms with Crippen LogP contribution in [-0.4, -0.2) is 29.7 Å². The van der Waals surface area contributed by atoms with E-state index in [4.69, 9.17) is 9.47 Å². The van der Waals surface area contributed by atoms with Gasteiger partial charge >= 0.3 is 0 Å². The second-order valence-corrected chi connectivity index (χ2v) is 10.3. The van der Waals surface area contributed by atoms with Gasteiger partial charge in [-0.2, -0.15) is 0 Å². The molecule has 0 aromatic heterocycles. The molecule has 3 heteroatoms. The Bertz CT molecular complexity index is 443. The van der Waals surface area contributed by atoms with Crippen molar-refractivity contribution < 1.29 is 14.6 Å². The number of hydrogen-bond acceptors (Lipinski definition) is 3. The molecule has 0 spiro atoms. The highest BCUT2D eigenvalue weighted by atomic mass is 16.7. The van der Waals surface area contributed by atoms with E-state index in [1.807, 2.05) is 0 Å². The largest absolute Gasteiger partial charge is 0.393 e. The van der Waals surface area contributed by atoms with Gasteiger partial charge in [-0.25, -0.2) is 0 Å². The summed E-state index contributed by atoms with van der Waals surface area (Å²) in [5, 5.41) is 10.5. The molecule has 152 valence electrons. The van der Waals surface area contributed by atoms with Crippen molar-refractivity contribution in [3.8, 4) is 0 Å². The van der Waals surface area contributed by atoms with E-state index in [9.17, 15) is 5.11 Å². The van der Waals surface area contributed by atoms with E-state index in [2.05, 4.69) is 27.7 Å². The van der Waals surface area contributed by atoms with Crippen molar-refractivity contribution in [2.24, 2.45) is 23.2 Å². The minimum absolute atomic E-state index is 0.00870. The molecule has 0 radical (unpaired) electrons. The van der Waals surface area contributed by atoms with Crippen LogP contribution in [0.25, 0.3) is 0 Å². The quantitative estimate of drug-likeness (QED) is 0.629. The van der Waals surface area contributed by atoms with Crippen LogP contribution in [0.1, 0.15) is 98.3 Å². The Labute approximate surface area is 161 Å². The Hall–Kier alpha value is -0.120. The van der Waals surface area contributed by atoms with Crippen LogP contribution in [-0.2, 0) is 9.47 Å². The Balaban J connectivity index is 1.45. The van der Waals surface area contributed by atoms with E-state index in [-0.39, 0.29) is 18.0 Å². The molecule has 0 bridgehead atoms. The Morgan fingerprint density at radius 1 is 1.15 bits per heavy atom. The fourth-order valence-electron chi connectivity index (χ4n) is 6.39. The van der Waals surface area contributed by atoms with Gasteiger partial charge in [0.1, 0.15) is 0 Å². The van der Waals surface area contributed by atoms with E-state index in [1.165, 1.54) is 51.4 Å². The molecule has 2 aliphatic carbocycles. The molecule has 1 heterocycles. The van der Waals surface area contributed by atoms with Gasteiger partial charge in [0, 0.05) is 6.61 Å². The van der Waals surface area contributed by atoms with Crippen LogP contribution in [0.15, 0.2) is 0 Å². The van der Waals surface area contributed by atoms with E-state index >= 15 is 0 Å². The summed E-state index contributed by atoms with van der Waals surface area (Å²) in [6.07, 6.45) is 13.1. The van der Waals surface area contributed by atoms with Gasteiger partial charge < -0.3 is 14.6 Å². The molecule has 0 amide bonds. The first-order valence-corrected chi connectivity index (χ1v) is 11.3. The van der Waals surface area contributed by atoms with Crippen LogP contribution in [0.4, 0.5) is 0 Å². The smallest absolute Gasteiger partial charge is 0.158 e. The fraction of sp³-hybridized carbons (Fsp3) is 1.00. The third kappa shape index (κ3) is 4.64. The number of aliphatic hydroxyl groups is 1. The van der Waals surface area contributed by atoms with Crippen molar-refractivity contribution in [2.45, 2.75) is 116 Å². The van der Waals surface area contributed by atoms with Crippen molar-refractivity contribution in [1.29, 1.82) is 0 Å². The third-order valence-electron chi connectivity index (χ3n) is 7.88. The molecule has 1 aliphatic heterocycles. The van der Waals surface area contributed by atoms with Gasteiger partial charge in [0.25, 0.3) is 0 Å². The molecular weight excluding hydrogens is 324 g/mol. The number of fused-ring (bicyclic) bond motifs is 1. The fourth-order valence-corrected chi connectivity index (χ4v) is 6.39. The summed E-state index contributed by atoms with van der Waals surface area (Å²) in [6, 6.07) is 0. The summed E-state index contributed by atoms with van der Waals surface area (Å²) in [5.41, 5.74) is 0.282. The predicted molar refractivity (Wildman–Crippen MR) is 106 cm³/mol. The number of hydrogen-bond donors (Lipinski definition) is 1. The van der Waals surface area contributed by atoms with Crippen molar-refractivity contribution >= 4 is 0 Å². The molecule has 2 saturated carbocycles. The first-order chi connectivity index (χ1) is 12.3. The molecule has 1 N–H and O–H groups in total. The molecule has 6 atom stereocenters. The van der Waals surface area contributed by atoms with Gasteiger partial charge in [0.2, 0.25) is 0 Å². The topological polar surface area (TPSA) is 38.7 Å². The lowest BCUT2D eigenvalue weighted by Gasteiger charge is -2.45. The number of ether oxygens (including phenoxy) is 2. The maximum absolute atomic E-state index is 10.5. The monoisotopic (exact) mass is 366 g/mol. The maximum Gasteiger partial charge on any atom is 0.158 e. The summed E-state index contributed by atoms with van der Waals surface area (Å²) in [6.45, 7) is 10.2. The second kappa shape index (κ2) is 8.49. The maximum atomic E-state index is 10.5. The van der Waals surface area contributed by atoms with Gasteiger partial charge in [-0.3, -0.25) is 0 Å². The summed E-state index contributed by atoms with van der Waals surface area (Å²) >= 11 is 0. The average molecular weight is 367 g/mol. The lowest BCUT2D eigenvalue weighted by molar-refractivity contribution is -0.217. The number of rotatable bonds is 7. The highest BCUT2D eigenvalue weighted by Crippen LogP contribution is 2.58. The Morgan fingerprint density at radius 2 is 1.96 bits per heavy atom. The van der Waals surface area contributed by atoms with E-state index < -0.39 is 0 Å². The molecule has 3 fully saturated rings. The van der Waals surface area contributed by atoms with Gasteiger partial charge in [-0.1, -0.05) is 33.1 Å². The zero-order chi connectivity index (χ0) is 18.8. The van der Waals surface area contributed by atoms with Crippen molar-refractivity contribution in [3.63, 3.8) is 0 Å². The molecular formula is C23H42O3. The van der Waals surface area contributed by atoms with Crippen LogP contribution in [0.5, 0.6) is 0 Å². The molecule has 26 heavy (non-hydrogen) atoms. The summed E-state index contributed by atoms with van der Waals surface area (Å²) in [4.78, 5) is 0. The average Bonchev–Trinajstić information content (AvgIpc) is 2.93. The summed E-state index contributed by atoms with van der Waals surface area (Å²) in [5.74, 6) is 2.08. The number of aliphatic hydroxyl groups excluding tert-OH is 1. The lowest BCUT2D eigenvalue weighted by atomic mass is 9.61. The normalized spacial score (nSPS) is 39.6. The third-order valence-corrected chi connectivity index (χ3v) is 7.88. The summed E-state index contributed by atoms with van der Waals surface area (Å²) in [7, 11) is 0. The second-order valence-electron chi connectivity index (χ2n) is 10.3. The van der Waals surface area contributed by atoms with Crippen LogP contribution < -0.4 is 0 Å². The van der Waals surface area contributed by atoms with E-state index in [0.29, 0.717) is 11.3 Å². The first kappa shape index (κ1) is 20.6. The van der Waals surface area contributed by atoms with Crippen LogP contribution in [0.3, 0.4) is 0 Å². The molecule has 1 saturated heterocycles. The van der Waals surface area contributed by atoms with Crippen LogP contribution in [0, 0.1) is 23.2 Å². The highest BCUT2D eigenvalue weighted by molar-refractivity contribution is 5.01. The zero-order valence-corrected chi connectivity index (χ0v) is 17.6. The molecule has 0 aromatic rings. The zero-order valence-electron chi connectivity index (χ0n) is 17.6. The molecule has 2 unspecified atom stereocenters. The molecule has 3 nitrogen and oxygen atoms in total. The van der Waals surface area contributed by atoms with Gasteiger partial charge in [0.15, 0.2) is 6.29 Å². The Morgan fingerprint density at radius 3 is 2.69 bits per heavy atom. The van der Waals surface area contributed by atoms with E-state index in [1.54, 1.807) is 0 Å². The summed E-state index contributed by atoms with van der Waals surface area (Å²) < 4.78 is 12.0. The minimum Gasteiger partial charge on any atom is -0.393 e. The SMILES string of the molecule is C[C@H](CCCC(C)(C)OC1CCCCO1)C1CC[C@H]2[C@@H](O)CCC[C@]12C. The highest BCUT2D eigenvalue weighted by Gasteiger charge is 2.52. The Kier molecular flexibility index (Phi) is 6.73. The lowest BCUT2D eigenvalue weighted by Crippen LogP contribution is -2.41. The van der Waals surface area contributed by atoms with Gasteiger partial charge in [-0.15, -0.1) is 0 Å². The molecule has 3 rings (SSSR count). The molecule has 0 aromatic carbocycles. The van der Waals surface area contributed by atoms with Crippen molar-refractivity contribution in [3.05, 3.63) is 0 Å². The first-order valence-electron chi connectivity index (χ1n) is 11.3. The van der Waals surface area contributed by atoms with Crippen molar-refractivity contribution in [1.82, 2.24) is 0 Å². The van der Waals surface area contributed by atoms with E-state index in [0.717, 1.165) is 37.7 Å². The van der Waals surface area contributed by atoms with Crippen molar-refractivity contribution in [2.75, 3.05) is 6.61 Å². The minimum atomic E-state index is -0.0924. The van der Waals surface area contributed by atoms with Gasteiger partial charge in [0.05, 0.1) is 11.7 Å².